The molecule has 0 bridgehead atoms. The number of benzene rings is 5. The summed E-state index contributed by atoms with van der Waals surface area (Å²) in [6, 6.07) is 41.7. The van der Waals surface area contributed by atoms with E-state index in [0.29, 0.717) is 43.5 Å². The monoisotopic (exact) mass is 885 g/mol. The molecule has 0 spiro atoms. The molecule has 5 aromatic carbocycles. The Bertz CT molecular complexity index is 2300. The van der Waals surface area contributed by atoms with Gasteiger partial charge in [-0.2, -0.15) is 0 Å². The summed E-state index contributed by atoms with van der Waals surface area (Å²) < 4.78 is 53.0. The average Bonchev–Trinajstić information content (AvgIpc) is 3.34. The minimum absolute atomic E-state index is 0.172. The van der Waals surface area contributed by atoms with Crippen molar-refractivity contribution in [3.63, 3.8) is 0 Å². The van der Waals surface area contributed by atoms with Crippen LogP contribution in [0.1, 0.15) is 78.3 Å². The van der Waals surface area contributed by atoms with Gasteiger partial charge in [-0.1, -0.05) is 135 Å². The summed E-state index contributed by atoms with van der Waals surface area (Å²) >= 11 is 0. The lowest BCUT2D eigenvalue weighted by atomic mass is 9.87. The molecule has 0 radical (unpaired) electrons. The topological polar surface area (TPSA) is 157 Å². The van der Waals surface area contributed by atoms with E-state index in [1.807, 2.05) is 81.4 Å². The third-order valence-electron chi connectivity index (χ3n) is 12.1. The molecule has 4 unspecified atom stereocenters. The zero-order valence-corrected chi connectivity index (χ0v) is 37.3. The van der Waals surface area contributed by atoms with E-state index in [-0.39, 0.29) is 31.8 Å². The second kappa shape index (κ2) is 24.1. The molecular formula is C52H59N3O10. The predicted octanol–water partition coefficient (Wildman–Crippen LogP) is 10.4. The highest BCUT2D eigenvalue weighted by Gasteiger charge is 2.53. The van der Waals surface area contributed by atoms with Crippen molar-refractivity contribution < 1.29 is 47.5 Å². The van der Waals surface area contributed by atoms with Crippen LogP contribution in [0.2, 0.25) is 0 Å². The van der Waals surface area contributed by atoms with Crippen LogP contribution in [0, 0.1) is 11.8 Å². The quantitative estimate of drug-likeness (QED) is 0.0228. The molecule has 0 saturated carbocycles. The summed E-state index contributed by atoms with van der Waals surface area (Å²) in [5, 5.41) is 5.85. The number of carbonyl (C=O) groups excluding carboxylic acids is 2. The van der Waals surface area contributed by atoms with E-state index in [9.17, 15) is 9.59 Å². The Balaban J connectivity index is 1.22. The minimum atomic E-state index is -1.17. The van der Waals surface area contributed by atoms with E-state index >= 15 is 0 Å². The number of fused-ring (bicyclic) bond motifs is 1. The van der Waals surface area contributed by atoms with Crippen molar-refractivity contribution in [2.24, 2.45) is 17.0 Å². The van der Waals surface area contributed by atoms with Gasteiger partial charge in [0.2, 0.25) is 0 Å². The number of carbonyl (C=O) groups is 2. The largest absolute Gasteiger partial charge is 0.451 e. The molecule has 0 amide bonds. The van der Waals surface area contributed by atoms with Crippen LogP contribution >= 0.6 is 0 Å². The van der Waals surface area contributed by atoms with E-state index in [4.69, 9.17) is 43.4 Å². The fourth-order valence-electron chi connectivity index (χ4n) is 8.45. The normalized spacial score (nSPS) is 25.3. The number of hydrogen-bond acceptors (Lipinski definition) is 11. The van der Waals surface area contributed by atoms with E-state index in [1.54, 1.807) is 48.5 Å². The highest BCUT2D eigenvalue weighted by molar-refractivity contribution is 5.90. The van der Waals surface area contributed by atoms with Gasteiger partial charge < -0.3 is 37.9 Å². The second-order valence-corrected chi connectivity index (χ2v) is 16.6. The van der Waals surface area contributed by atoms with Crippen molar-refractivity contribution in [2.45, 2.75) is 109 Å². The fourth-order valence-corrected chi connectivity index (χ4v) is 8.45. The van der Waals surface area contributed by atoms with Gasteiger partial charge in [-0.25, -0.2) is 9.59 Å². The molecule has 2 fully saturated rings. The van der Waals surface area contributed by atoms with Crippen LogP contribution in [-0.2, 0) is 51.1 Å². The summed E-state index contributed by atoms with van der Waals surface area (Å²) in [5.74, 6) is -1.83. The maximum Gasteiger partial charge on any atom is 0.338 e. The van der Waals surface area contributed by atoms with Crippen LogP contribution in [0.4, 0.5) is 0 Å². The number of hydrogen-bond donors (Lipinski definition) is 0. The Hall–Kier alpha value is -5.63. The lowest BCUT2D eigenvalue weighted by molar-refractivity contribution is -0.349. The SMILES string of the molecule is CCC1O[C@H](O[C@@H]2C(OC(=O)c3ccccc3)[C@@H](OCCCCCN=[N+]=[N-])OC(COCc3ccccc3)[C@H]2C)C(OC(=O)c2ccccc2)[C@@H](OCc2ccc3ccccc3c2)[C@@H]1C. The summed E-state index contributed by atoms with van der Waals surface area (Å²) in [5.41, 5.74) is 11.4. The Labute approximate surface area is 380 Å². The zero-order valence-electron chi connectivity index (χ0n) is 37.3. The molecule has 2 aliphatic rings. The standard InChI is InChI=1S/C52H59N3O10/c1-4-43-35(2)45(60-33-38-27-28-39-21-15-16-26-42(39)31-38)47(63-49(56)40-22-11-6-12-23-40)52(61-43)65-46-36(3)44(34-58-32-37-19-9-5-10-20-37)62-51(59-30-18-8-17-29-54-55-53)48(46)64-50(57)41-24-13-7-14-25-41/h5-7,9-16,19-28,31,35-36,43-48,51-52H,4,8,17-18,29-30,32-34H2,1-3H3/t35-,36-,43?,44?,45+,46+,47?,48?,51+,52-/m1/s1. The van der Waals surface area contributed by atoms with Gasteiger partial charge in [-0.05, 0) is 77.0 Å². The van der Waals surface area contributed by atoms with E-state index in [2.05, 4.69) is 34.3 Å². The first kappa shape index (κ1) is 47.3. The van der Waals surface area contributed by atoms with Crippen LogP contribution < -0.4 is 0 Å². The maximum absolute atomic E-state index is 14.0. The van der Waals surface area contributed by atoms with Gasteiger partial charge in [0.25, 0.3) is 0 Å². The molecule has 2 heterocycles. The Morgan fingerprint density at radius 3 is 1.88 bits per heavy atom. The van der Waals surface area contributed by atoms with Crippen LogP contribution in [-0.4, -0.2) is 80.9 Å². The van der Waals surface area contributed by atoms with Crippen molar-refractivity contribution in [1.82, 2.24) is 0 Å². The molecule has 10 atom stereocenters. The average molecular weight is 886 g/mol. The third-order valence-corrected chi connectivity index (χ3v) is 12.1. The number of rotatable bonds is 21. The van der Waals surface area contributed by atoms with E-state index in [1.165, 1.54) is 0 Å². The van der Waals surface area contributed by atoms with Gasteiger partial charge in [0, 0.05) is 29.9 Å². The molecule has 7 rings (SSSR count). The smallest absolute Gasteiger partial charge is 0.338 e. The Morgan fingerprint density at radius 2 is 1.22 bits per heavy atom. The molecule has 0 aliphatic carbocycles. The lowest BCUT2D eigenvalue weighted by Crippen LogP contribution is -2.62. The Morgan fingerprint density at radius 1 is 0.615 bits per heavy atom. The van der Waals surface area contributed by atoms with Crippen molar-refractivity contribution >= 4 is 22.7 Å². The number of azide groups is 1. The van der Waals surface area contributed by atoms with E-state index in [0.717, 1.165) is 28.3 Å². The van der Waals surface area contributed by atoms with Gasteiger partial charge in [0.05, 0.1) is 43.2 Å². The molecule has 0 N–H and O–H groups in total. The summed E-state index contributed by atoms with van der Waals surface area (Å²) in [7, 11) is 0. The number of nitrogens with zero attached hydrogens (tertiary/aromatic N) is 3. The fraction of sp³-hybridized carbons (Fsp3) is 0.423. The maximum atomic E-state index is 14.0. The third kappa shape index (κ3) is 12.8. The number of unbranched alkanes of at least 4 members (excludes halogenated alkanes) is 2. The van der Waals surface area contributed by atoms with Crippen molar-refractivity contribution in [3.8, 4) is 0 Å². The first-order valence-corrected chi connectivity index (χ1v) is 22.6. The molecular weight excluding hydrogens is 827 g/mol. The van der Waals surface area contributed by atoms with Gasteiger partial charge >= 0.3 is 11.9 Å². The molecule has 13 nitrogen and oxygen atoms in total. The molecule has 65 heavy (non-hydrogen) atoms. The molecule has 342 valence electrons. The highest BCUT2D eigenvalue weighted by Crippen LogP contribution is 2.39. The van der Waals surface area contributed by atoms with Crippen molar-refractivity contribution in [2.75, 3.05) is 19.8 Å². The van der Waals surface area contributed by atoms with Gasteiger partial charge in [0.1, 0.15) is 12.2 Å². The van der Waals surface area contributed by atoms with Crippen LogP contribution in [0.5, 0.6) is 0 Å². The molecule has 2 aliphatic heterocycles. The minimum Gasteiger partial charge on any atom is -0.451 e. The van der Waals surface area contributed by atoms with Gasteiger partial charge in [0.15, 0.2) is 24.8 Å². The molecule has 2 saturated heterocycles. The van der Waals surface area contributed by atoms with Crippen LogP contribution in [0.25, 0.3) is 21.2 Å². The number of ether oxygens (including phenoxy) is 8. The summed E-state index contributed by atoms with van der Waals surface area (Å²) in [6.07, 6.45) is -4.23. The van der Waals surface area contributed by atoms with Gasteiger partial charge in [-0.3, -0.25) is 0 Å². The molecule has 13 heteroatoms. The van der Waals surface area contributed by atoms with Crippen molar-refractivity contribution in [1.29, 1.82) is 0 Å². The van der Waals surface area contributed by atoms with Crippen LogP contribution in [0.3, 0.4) is 0 Å². The van der Waals surface area contributed by atoms with Crippen LogP contribution in [0.15, 0.2) is 139 Å². The Kier molecular flexibility index (Phi) is 17.5. The molecule has 5 aromatic rings. The van der Waals surface area contributed by atoms with Crippen molar-refractivity contribution in [3.05, 3.63) is 166 Å². The summed E-state index contributed by atoms with van der Waals surface area (Å²) in [6.45, 7) is 7.43. The highest BCUT2D eigenvalue weighted by atomic mass is 16.7. The van der Waals surface area contributed by atoms with Gasteiger partial charge in [-0.15, -0.1) is 0 Å². The van der Waals surface area contributed by atoms with E-state index < -0.39 is 61.0 Å². The molecule has 0 aromatic heterocycles. The lowest BCUT2D eigenvalue weighted by Gasteiger charge is -2.49. The predicted molar refractivity (Wildman–Crippen MR) is 245 cm³/mol. The first-order chi connectivity index (χ1) is 31.8. The summed E-state index contributed by atoms with van der Waals surface area (Å²) in [4.78, 5) is 30.9. The second-order valence-electron chi connectivity index (χ2n) is 16.6. The number of esters is 2. The zero-order chi connectivity index (χ0) is 45.4. The first-order valence-electron chi connectivity index (χ1n) is 22.6.